The molecule has 1 aromatic carbocycles. The fourth-order valence-corrected chi connectivity index (χ4v) is 1.89. The van der Waals surface area contributed by atoms with Crippen LogP contribution in [-0.4, -0.2) is 24.0 Å². The first-order chi connectivity index (χ1) is 10.9. The molecule has 0 aliphatic carbocycles. The monoisotopic (exact) mass is 363 g/mol. The van der Waals surface area contributed by atoms with Crippen LogP contribution in [0.5, 0.6) is 0 Å². The molecule has 24 heavy (non-hydrogen) atoms. The zero-order chi connectivity index (χ0) is 18.5. The van der Waals surface area contributed by atoms with Crippen molar-refractivity contribution in [1.82, 2.24) is 5.32 Å². The van der Waals surface area contributed by atoms with Gasteiger partial charge in [-0.2, -0.15) is 13.2 Å². The lowest BCUT2D eigenvalue weighted by molar-refractivity contribution is -0.144. The minimum Gasteiger partial charge on any atom is -0.452 e. The first-order valence-electron chi connectivity index (χ1n) is 6.91. The van der Waals surface area contributed by atoms with E-state index in [-0.39, 0.29) is 5.56 Å². The number of hydrogen-bond donors (Lipinski definition) is 1. The summed E-state index contributed by atoms with van der Waals surface area (Å²) in [7, 11) is 0. The molecule has 1 N–H and O–H groups in total. The molecule has 0 unspecified atom stereocenters. The van der Waals surface area contributed by atoms with Crippen molar-refractivity contribution in [3.8, 4) is 0 Å². The van der Waals surface area contributed by atoms with Crippen molar-refractivity contribution in [2.75, 3.05) is 6.61 Å². The summed E-state index contributed by atoms with van der Waals surface area (Å²) in [4.78, 5) is 23.0. The van der Waals surface area contributed by atoms with Gasteiger partial charge in [-0.1, -0.05) is 17.7 Å². The van der Waals surface area contributed by atoms with E-state index >= 15 is 0 Å². The van der Waals surface area contributed by atoms with Gasteiger partial charge >= 0.3 is 12.1 Å². The largest absolute Gasteiger partial charge is 0.452 e. The van der Waals surface area contributed by atoms with Crippen molar-refractivity contribution < 1.29 is 27.5 Å². The number of ether oxygens (including phenoxy) is 1. The standard InChI is InChI=1S/C16H17ClF3NO3/c1-15(2,3)21-13(22)9-24-14(23)7-5-10-4-6-12(17)11(8-10)16(18,19)20/h4-8H,9H2,1-3H3,(H,21,22)/b7-5+. The lowest BCUT2D eigenvalue weighted by Gasteiger charge is -2.20. The molecule has 0 aliphatic heterocycles. The minimum atomic E-state index is -4.59. The molecule has 0 saturated heterocycles. The molecular weight excluding hydrogens is 347 g/mol. The zero-order valence-corrected chi connectivity index (χ0v) is 14.1. The van der Waals surface area contributed by atoms with Crippen molar-refractivity contribution in [3.63, 3.8) is 0 Å². The van der Waals surface area contributed by atoms with Crippen LogP contribution >= 0.6 is 11.6 Å². The highest BCUT2D eigenvalue weighted by Crippen LogP contribution is 2.35. The Morgan fingerprint density at radius 3 is 2.42 bits per heavy atom. The Kier molecular flexibility index (Phi) is 6.42. The van der Waals surface area contributed by atoms with Crippen LogP contribution in [0.3, 0.4) is 0 Å². The van der Waals surface area contributed by atoms with E-state index in [1.165, 1.54) is 6.07 Å². The van der Waals surface area contributed by atoms with Gasteiger partial charge in [0.15, 0.2) is 6.61 Å². The van der Waals surface area contributed by atoms with Crippen LogP contribution in [0, 0.1) is 0 Å². The molecule has 132 valence electrons. The molecule has 0 heterocycles. The third-order valence-corrected chi connectivity index (χ3v) is 2.90. The number of alkyl halides is 3. The van der Waals surface area contributed by atoms with Crippen LogP contribution in [0.4, 0.5) is 13.2 Å². The SMILES string of the molecule is CC(C)(C)NC(=O)COC(=O)/C=C/c1ccc(Cl)c(C(F)(F)F)c1. The topological polar surface area (TPSA) is 55.4 Å². The summed E-state index contributed by atoms with van der Waals surface area (Å²) in [5.41, 5.74) is -1.33. The van der Waals surface area contributed by atoms with Crippen LogP contribution in [0.25, 0.3) is 6.08 Å². The summed E-state index contributed by atoms with van der Waals surface area (Å²) < 4.78 is 42.9. The number of nitrogens with one attached hydrogen (secondary N) is 1. The summed E-state index contributed by atoms with van der Waals surface area (Å²) >= 11 is 5.50. The molecule has 0 aliphatic rings. The van der Waals surface area contributed by atoms with Crippen LogP contribution < -0.4 is 5.32 Å². The maximum atomic E-state index is 12.7. The average molecular weight is 364 g/mol. The Hall–Kier alpha value is -2.02. The number of benzene rings is 1. The predicted molar refractivity (Wildman–Crippen MR) is 84.3 cm³/mol. The molecule has 0 saturated carbocycles. The predicted octanol–water partition coefficient (Wildman–Crippen LogP) is 3.83. The van der Waals surface area contributed by atoms with Crippen molar-refractivity contribution in [2.45, 2.75) is 32.5 Å². The van der Waals surface area contributed by atoms with Gasteiger partial charge in [0.1, 0.15) is 0 Å². The van der Waals surface area contributed by atoms with E-state index < -0.39 is 40.8 Å². The smallest absolute Gasteiger partial charge is 0.417 e. The van der Waals surface area contributed by atoms with E-state index in [1.54, 1.807) is 20.8 Å². The fourth-order valence-electron chi connectivity index (χ4n) is 1.67. The first kappa shape index (κ1) is 20.0. The van der Waals surface area contributed by atoms with Gasteiger partial charge in [-0.25, -0.2) is 4.79 Å². The summed E-state index contributed by atoms with van der Waals surface area (Å²) in [6, 6.07) is 3.23. The molecule has 0 radical (unpaired) electrons. The van der Waals surface area contributed by atoms with Gasteiger partial charge in [0.2, 0.25) is 0 Å². The van der Waals surface area contributed by atoms with E-state index in [2.05, 4.69) is 5.32 Å². The maximum absolute atomic E-state index is 12.7. The van der Waals surface area contributed by atoms with Gasteiger partial charge in [-0.15, -0.1) is 0 Å². The van der Waals surface area contributed by atoms with Gasteiger partial charge in [0, 0.05) is 11.6 Å². The Morgan fingerprint density at radius 1 is 1.25 bits per heavy atom. The number of esters is 1. The molecule has 1 rings (SSSR count). The lowest BCUT2D eigenvalue weighted by Crippen LogP contribution is -2.42. The Bertz CT molecular complexity index is 649. The number of carbonyl (C=O) groups is 2. The first-order valence-corrected chi connectivity index (χ1v) is 7.29. The second kappa shape index (κ2) is 7.70. The van der Waals surface area contributed by atoms with Crippen molar-refractivity contribution >= 4 is 29.6 Å². The van der Waals surface area contributed by atoms with E-state index in [9.17, 15) is 22.8 Å². The lowest BCUT2D eigenvalue weighted by atomic mass is 10.1. The molecule has 0 spiro atoms. The highest BCUT2D eigenvalue weighted by molar-refractivity contribution is 6.31. The molecule has 0 aromatic heterocycles. The molecule has 0 atom stereocenters. The third kappa shape index (κ3) is 7.04. The number of halogens is 4. The van der Waals surface area contributed by atoms with Crippen molar-refractivity contribution in [2.24, 2.45) is 0 Å². The van der Waals surface area contributed by atoms with Gasteiger partial charge < -0.3 is 10.1 Å². The average Bonchev–Trinajstić information content (AvgIpc) is 2.41. The number of rotatable bonds is 4. The molecule has 0 fully saturated rings. The van der Waals surface area contributed by atoms with Crippen LogP contribution in [0.2, 0.25) is 5.02 Å². The number of amides is 1. The second-order valence-corrected chi connectivity index (χ2v) is 6.38. The van der Waals surface area contributed by atoms with Gasteiger partial charge in [0.25, 0.3) is 5.91 Å². The van der Waals surface area contributed by atoms with Crippen molar-refractivity contribution in [3.05, 3.63) is 40.4 Å². The second-order valence-electron chi connectivity index (χ2n) is 5.98. The Morgan fingerprint density at radius 2 is 1.88 bits per heavy atom. The highest BCUT2D eigenvalue weighted by Gasteiger charge is 2.33. The number of hydrogen-bond acceptors (Lipinski definition) is 3. The molecule has 1 amide bonds. The maximum Gasteiger partial charge on any atom is 0.417 e. The normalized spacial score (nSPS) is 12.3. The summed E-state index contributed by atoms with van der Waals surface area (Å²) in [5, 5.41) is 2.17. The Labute approximate surface area is 142 Å². The van der Waals surface area contributed by atoms with E-state index in [4.69, 9.17) is 16.3 Å². The summed E-state index contributed by atoms with van der Waals surface area (Å²) in [5.74, 6) is -1.32. The molecule has 1 aromatic rings. The van der Waals surface area contributed by atoms with Crippen LogP contribution in [0.15, 0.2) is 24.3 Å². The van der Waals surface area contributed by atoms with Crippen LogP contribution in [0.1, 0.15) is 31.9 Å². The quantitative estimate of drug-likeness (QED) is 0.653. The van der Waals surface area contributed by atoms with E-state index in [0.717, 1.165) is 24.3 Å². The number of carbonyl (C=O) groups excluding carboxylic acids is 2. The van der Waals surface area contributed by atoms with Gasteiger partial charge in [-0.05, 0) is 44.5 Å². The Balaban J connectivity index is 2.66. The van der Waals surface area contributed by atoms with Crippen LogP contribution in [-0.2, 0) is 20.5 Å². The van der Waals surface area contributed by atoms with Gasteiger partial charge in [0.05, 0.1) is 10.6 Å². The zero-order valence-electron chi connectivity index (χ0n) is 13.3. The molecule has 8 heteroatoms. The van der Waals surface area contributed by atoms with Gasteiger partial charge in [-0.3, -0.25) is 4.79 Å². The van der Waals surface area contributed by atoms with E-state index in [1.807, 2.05) is 0 Å². The summed E-state index contributed by atoms with van der Waals surface area (Å²) in [6.07, 6.45) is -2.50. The minimum absolute atomic E-state index is 0.128. The van der Waals surface area contributed by atoms with E-state index in [0.29, 0.717) is 0 Å². The summed E-state index contributed by atoms with van der Waals surface area (Å²) in [6.45, 7) is 4.83. The van der Waals surface area contributed by atoms with Crippen molar-refractivity contribution in [1.29, 1.82) is 0 Å². The fraction of sp³-hybridized carbons (Fsp3) is 0.375. The molecule has 4 nitrogen and oxygen atoms in total. The molecule has 0 bridgehead atoms. The molecular formula is C16H17ClF3NO3. The third-order valence-electron chi connectivity index (χ3n) is 2.57. The highest BCUT2D eigenvalue weighted by atomic mass is 35.5.